The van der Waals surface area contributed by atoms with Crippen molar-refractivity contribution in [2.24, 2.45) is 0 Å². The summed E-state index contributed by atoms with van der Waals surface area (Å²) < 4.78 is 0. The van der Waals surface area contributed by atoms with E-state index in [1.807, 2.05) is 11.8 Å². The number of nitrogens with one attached hydrogen (secondary N) is 1. The summed E-state index contributed by atoms with van der Waals surface area (Å²) in [7, 11) is 0. The smallest absolute Gasteiger partial charge is 0.136 e. The van der Waals surface area contributed by atoms with Crippen LogP contribution in [-0.2, 0) is 4.79 Å². The van der Waals surface area contributed by atoms with E-state index in [4.69, 9.17) is 0 Å². The molecule has 1 N–H and O–H groups in total. The second-order valence-corrected chi connectivity index (χ2v) is 5.36. The molecular weight excluding hydrogens is 182 g/mol. The van der Waals surface area contributed by atoms with Gasteiger partial charge >= 0.3 is 0 Å². The van der Waals surface area contributed by atoms with Crippen LogP contribution in [0.3, 0.4) is 0 Å². The molecule has 0 bridgehead atoms. The van der Waals surface area contributed by atoms with Gasteiger partial charge in [-0.1, -0.05) is 0 Å². The molecule has 2 saturated heterocycles. The normalized spacial score (nSPS) is 36.2. The molecule has 2 nitrogen and oxygen atoms in total. The molecule has 1 unspecified atom stereocenters. The number of rotatable bonds is 0. The highest BCUT2D eigenvalue weighted by molar-refractivity contribution is 7.99. The summed E-state index contributed by atoms with van der Waals surface area (Å²) in [5.41, 5.74) is 0.193. The van der Waals surface area contributed by atoms with E-state index in [1.54, 1.807) is 0 Å². The second-order valence-electron chi connectivity index (χ2n) is 4.14. The van der Waals surface area contributed by atoms with Crippen molar-refractivity contribution < 1.29 is 4.79 Å². The Balaban J connectivity index is 2.02. The summed E-state index contributed by atoms with van der Waals surface area (Å²) >= 11 is 2.03. The van der Waals surface area contributed by atoms with E-state index in [-0.39, 0.29) is 5.54 Å². The topological polar surface area (TPSA) is 29.1 Å². The fraction of sp³-hybridized carbons (Fsp3) is 0.900. The third kappa shape index (κ3) is 2.26. The maximum absolute atomic E-state index is 11.4. The number of carbonyl (C=O) groups is 1. The quantitative estimate of drug-likeness (QED) is 0.642. The molecule has 2 rings (SSSR count). The molecule has 2 heterocycles. The molecule has 74 valence electrons. The molecule has 1 spiro atoms. The fourth-order valence-electron chi connectivity index (χ4n) is 2.36. The van der Waals surface area contributed by atoms with E-state index in [1.165, 1.54) is 30.8 Å². The van der Waals surface area contributed by atoms with E-state index >= 15 is 0 Å². The third-order valence-corrected chi connectivity index (χ3v) is 4.18. The Hall–Kier alpha value is -0.0200. The Labute approximate surface area is 83.8 Å². The fourth-order valence-corrected chi connectivity index (χ4v) is 3.44. The Morgan fingerprint density at radius 3 is 3.08 bits per heavy atom. The van der Waals surface area contributed by atoms with Gasteiger partial charge in [-0.25, -0.2) is 0 Å². The zero-order valence-electron chi connectivity index (χ0n) is 7.97. The SMILES string of the molecule is O=C1CCNC2(CCCSCC2)C1. The number of hydrogen-bond acceptors (Lipinski definition) is 3. The van der Waals surface area contributed by atoms with Gasteiger partial charge in [-0.15, -0.1) is 0 Å². The van der Waals surface area contributed by atoms with Gasteiger partial charge in [0.2, 0.25) is 0 Å². The van der Waals surface area contributed by atoms with Gasteiger partial charge in [0.1, 0.15) is 5.78 Å². The molecule has 2 fully saturated rings. The summed E-state index contributed by atoms with van der Waals surface area (Å²) in [5.74, 6) is 2.96. The number of carbonyl (C=O) groups excluding carboxylic acids is 1. The highest BCUT2D eigenvalue weighted by atomic mass is 32.2. The maximum atomic E-state index is 11.4. The molecule has 0 aromatic carbocycles. The van der Waals surface area contributed by atoms with Gasteiger partial charge in [0, 0.05) is 24.9 Å². The molecule has 0 saturated carbocycles. The van der Waals surface area contributed by atoms with Gasteiger partial charge in [0.05, 0.1) is 0 Å². The zero-order chi connectivity index (χ0) is 9.15. The number of hydrogen-bond donors (Lipinski definition) is 1. The van der Waals surface area contributed by atoms with Crippen LogP contribution in [0.2, 0.25) is 0 Å². The Kier molecular flexibility index (Phi) is 2.94. The largest absolute Gasteiger partial charge is 0.310 e. The first-order valence-electron chi connectivity index (χ1n) is 5.15. The van der Waals surface area contributed by atoms with Gasteiger partial charge in [-0.3, -0.25) is 4.79 Å². The minimum absolute atomic E-state index is 0.193. The van der Waals surface area contributed by atoms with Crippen LogP contribution in [0.15, 0.2) is 0 Å². The van der Waals surface area contributed by atoms with E-state index in [9.17, 15) is 4.79 Å². The van der Waals surface area contributed by atoms with Crippen LogP contribution in [-0.4, -0.2) is 29.4 Å². The minimum atomic E-state index is 0.193. The zero-order valence-corrected chi connectivity index (χ0v) is 8.79. The molecule has 13 heavy (non-hydrogen) atoms. The average Bonchev–Trinajstić information content (AvgIpc) is 2.31. The summed E-state index contributed by atoms with van der Waals surface area (Å²) in [6.07, 6.45) is 5.18. The summed E-state index contributed by atoms with van der Waals surface area (Å²) in [4.78, 5) is 11.4. The van der Waals surface area contributed by atoms with E-state index in [2.05, 4.69) is 5.32 Å². The van der Waals surface area contributed by atoms with Crippen LogP contribution < -0.4 is 5.32 Å². The summed E-state index contributed by atoms with van der Waals surface area (Å²) in [6, 6.07) is 0. The number of piperidine rings is 1. The summed E-state index contributed by atoms with van der Waals surface area (Å²) in [6.45, 7) is 0.906. The van der Waals surface area contributed by atoms with E-state index in [0.29, 0.717) is 5.78 Å². The first-order chi connectivity index (χ1) is 6.31. The lowest BCUT2D eigenvalue weighted by atomic mass is 9.82. The molecule has 2 aliphatic rings. The Morgan fingerprint density at radius 2 is 2.23 bits per heavy atom. The van der Waals surface area contributed by atoms with Gasteiger partial charge in [-0.2, -0.15) is 11.8 Å². The van der Waals surface area contributed by atoms with Gasteiger partial charge < -0.3 is 5.32 Å². The lowest BCUT2D eigenvalue weighted by Crippen LogP contribution is -2.51. The maximum Gasteiger partial charge on any atom is 0.136 e. The van der Waals surface area contributed by atoms with Crippen LogP contribution >= 0.6 is 11.8 Å². The number of thioether (sulfide) groups is 1. The van der Waals surface area contributed by atoms with E-state index < -0.39 is 0 Å². The lowest BCUT2D eigenvalue weighted by molar-refractivity contribution is -0.122. The van der Waals surface area contributed by atoms with Crippen molar-refractivity contribution in [3.63, 3.8) is 0 Å². The van der Waals surface area contributed by atoms with Gasteiger partial charge in [0.25, 0.3) is 0 Å². The molecule has 1 atom stereocenters. The van der Waals surface area contributed by atoms with Crippen LogP contribution in [0.1, 0.15) is 32.1 Å². The first-order valence-corrected chi connectivity index (χ1v) is 6.31. The van der Waals surface area contributed by atoms with Crippen LogP contribution in [0.4, 0.5) is 0 Å². The van der Waals surface area contributed by atoms with Crippen molar-refractivity contribution in [3.8, 4) is 0 Å². The van der Waals surface area contributed by atoms with Crippen molar-refractivity contribution in [2.75, 3.05) is 18.1 Å². The van der Waals surface area contributed by atoms with Crippen LogP contribution in [0.25, 0.3) is 0 Å². The standard InChI is InChI=1S/C10H17NOS/c12-9-2-5-11-10(8-9)3-1-6-13-7-4-10/h11H,1-8H2. The van der Waals surface area contributed by atoms with Crippen molar-refractivity contribution >= 4 is 17.5 Å². The first kappa shape index (κ1) is 9.53. The van der Waals surface area contributed by atoms with Gasteiger partial charge in [-0.05, 0) is 30.8 Å². The van der Waals surface area contributed by atoms with Crippen molar-refractivity contribution in [2.45, 2.75) is 37.6 Å². The van der Waals surface area contributed by atoms with Crippen molar-refractivity contribution in [3.05, 3.63) is 0 Å². The third-order valence-electron chi connectivity index (χ3n) is 3.11. The highest BCUT2D eigenvalue weighted by Gasteiger charge is 2.35. The Morgan fingerprint density at radius 1 is 1.31 bits per heavy atom. The molecule has 0 aliphatic carbocycles. The lowest BCUT2D eigenvalue weighted by Gasteiger charge is -2.36. The predicted octanol–water partition coefficient (Wildman–Crippen LogP) is 1.59. The van der Waals surface area contributed by atoms with E-state index in [0.717, 1.165) is 19.4 Å². The number of Topliss-reactive ketones (excluding diaryl/α,β-unsaturated/α-hetero) is 1. The Bertz CT molecular complexity index is 197. The minimum Gasteiger partial charge on any atom is -0.310 e. The molecule has 0 aromatic heterocycles. The monoisotopic (exact) mass is 199 g/mol. The molecule has 0 amide bonds. The molecule has 3 heteroatoms. The molecule has 0 radical (unpaired) electrons. The van der Waals surface area contributed by atoms with Crippen molar-refractivity contribution in [1.29, 1.82) is 0 Å². The summed E-state index contributed by atoms with van der Waals surface area (Å²) in [5, 5.41) is 3.57. The highest BCUT2D eigenvalue weighted by Crippen LogP contribution is 2.31. The molecule has 2 aliphatic heterocycles. The van der Waals surface area contributed by atoms with Crippen molar-refractivity contribution in [1.82, 2.24) is 5.32 Å². The predicted molar refractivity (Wildman–Crippen MR) is 56.2 cm³/mol. The van der Waals surface area contributed by atoms with Gasteiger partial charge in [0.15, 0.2) is 0 Å². The molecular formula is C10H17NOS. The number of ketones is 1. The average molecular weight is 199 g/mol. The van der Waals surface area contributed by atoms with Crippen LogP contribution in [0.5, 0.6) is 0 Å². The van der Waals surface area contributed by atoms with Crippen LogP contribution in [0, 0.1) is 0 Å². The molecule has 0 aromatic rings. The second kappa shape index (κ2) is 4.01.